The van der Waals surface area contributed by atoms with Crippen molar-refractivity contribution < 1.29 is 9.59 Å². The van der Waals surface area contributed by atoms with E-state index < -0.39 is 0 Å². The highest BCUT2D eigenvalue weighted by Crippen LogP contribution is 2.16. The molecular formula is C21H22N4O2. The van der Waals surface area contributed by atoms with Crippen molar-refractivity contribution in [3.63, 3.8) is 0 Å². The first kappa shape index (κ1) is 18.4. The minimum atomic E-state index is -0.117. The molecule has 3 rings (SSSR count). The summed E-state index contributed by atoms with van der Waals surface area (Å²) in [7, 11) is 0. The Hall–Kier alpha value is -3.41. The van der Waals surface area contributed by atoms with E-state index in [2.05, 4.69) is 15.6 Å². The van der Waals surface area contributed by atoms with E-state index in [1.165, 1.54) is 6.92 Å². The Morgan fingerprint density at radius 2 is 1.78 bits per heavy atom. The number of aromatic nitrogens is 2. The number of rotatable bonds is 6. The summed E-state index contributed by atoms with van der Waals surface area (Å²) in [5.74, 6) is -0.165. The van der Waals surface area contributed by atoms with Crippen LogP contribution in [0.5, 0.6) is 0 Å². The maximum absolute atomic E-state index is 12.3. The number of benzene rings is 2. The molecule has 0 saturated carbocycles. The zero-order valence-corrected chi connectivity index (χ0v) is 15.3. The van der Waals surface area contributed by atoms with Crippen LogP contribution >= 0.6 is 0 Å². The lowest BCUT2D eigenvalue weighted by molar-refractivity contribution is -0.121. The lowest BCUT2D eigenvalue weighted by Gasteiger charge is -2.15. The summed E-state index contributed by atoms with van der Waals surface area (Å²) in [6.07, 6.45) is 5.66. The van der Waals surface area contributed by atoms with E-state index >= 15 is 0 Å². The molecule has 1 aromatic heterocycles. The second-order valence-corrected chi connectivity index (χ2v) is 6.41. The molecule has 0 bridgehead atoms. The summed E-state index contributed by atoms with van der Waals surface area (Å²) >= 11 is 0. The molecule has 0 fully saturated rings. The van der Waals surface area contributed by atoms with E-state index in [9.17, 15) is 9.59 Å². The summed E-state index contributed by atoms with van der Waals surface area (Å²) in [6, 6.07) is 15.2. The highest BCUT2D eigenvalue weighted by molar-refractivity contribution is 5.88. The molecule has 3 aromatic rings. The van der Waals surface area contributed by atoms with E-state index in [1.54, 1.807) is 24.7 Å². The minimum absolute atomic E-state index is 0.0477. The molecule has 2 aromatic carbocycles. The number of anilines is 1. The van der Waals surface area contributed by atoms with Gasteiger partial charge < -0.3 is 15.2 Å². The third-order valence-corrected chi connectivity index (χ3v) is 4.21. The molecule has 6 nitrogen and oxygen atoms in total. The number of nitrogens with one attached hydrogen (secondary N) is 2. The molecule has 27 heavy (non-hydrogen) atoms. The van der Waals surface area contributed by atoms with Crippen molar-refractivity contribution in [2.75, 3.05) is 5.32 Å². The third kappa shape index (κ3) is 5.04. The molecule has 138 valence electrons. The number of nitrogens with zero attached hydrogens (tertiary/aromatic N) is 2. The zero-order chi connectivity index (χ0) is 19.2. The third-order valence-electron chi connectivity index (χ3n) is 4.21. The molecule has 0 aliphatic rings. The first-order valence-corrected chi connectivity index (χ1v) is 8.75. The standard InChI is InChI=1S/C21H22N4O2/c1-15(18-5-9-20(10-6-18)25-12-11-22-14-25)23-21(27)13-17-3-7-19(8-4-17)24-16(2)26/h3-12,14-15H,13H2,1-2H3,(H,23,27)(H,24,26). The van der Waals surface area contributed by atoms with Crippen molar-refractivity contribution in [3.8, 4) is 5.69 Å². The second-order valence-electron chi connectivity index (χ2n) is 6.41. The van der Waals surface area contributed by atoms with Gasteiger partial charge in [0.2, 0.25) is 11.8 Å². The summed E-state index contributed by atoms with van der Waals surface area (Å²) in [4.78, 5) is 27.4. The van der Waals surface area contributed by atoms with Gasteiger partial charge in [-0.1, -0.05) is 24.3 Å². The smallest absolute Gasteiger partial charge is 0.224 e. The maximum atomic E-state index is 12.3. The predicted molar refractivity (Wildman–Crippen MR) is 105 cm³/mol. The molecule has 0 radical (unpaired) electrons. The second kappa shape index (κ2) is 8.31. The van der Waals surface area contributed by atoms with Gasteiger partial charge in [0, 0.05) is 30.7 Å². The summed E-state index contributed by atoms with van der Waals surface area (Å²) in [5, 5.41) is 5.73. The van der Waals surface area contributed by atoms with Crippen LogP contribution in [0.15, 0.2) is 67.3 Å². The number of carbonyl (C=O) groups is 2. The Labute approximate surface area is 158 Å². The molecular weight excluding hydrogens is 340 g/mol. The van der Waals surface area contributed by atoms with Crippen LogP contribution < -0.4 is 10.6 Å². The molecule has 1 heterocycles. The lowest BCUT2D eigenvalue weighted by atomic mass is 10.1. The van der Waals surface area contributed by atoms with Crippen LogP contribution in [0.2, 0.25) is 0 Å². The SMILES string of the molecule is CC(=O)Nc1ccc(CC(=O)NC(C)c2ccc(-n3ccnc3)cc2)cc1. The Morgan fingerprint density at radius 1 is 1.07 bits per heavy atom. The quantitative estimate of drug-likeness (QED) is 0.707. The van der Waals surface area contributed by atoms with Crippen molar-refractivity contribution in [1.82, 2.24) is 14.9 Å². The van der Waals surface area contributed by atoms with Crippen LogP contribution in [0.25, 0.3) is 5.69 Å². The minimum Gasteiger partial charge on any atom is -0.349 e. The van der Waals surface area contributed by atoms with E-state index in [1.807, 2.05) is 54.1 Å². The van der Waals surface area contributed by atoms with Crippen molar-refractivity contribution in [2.24, 2.45) is 0 Å². The highest BCUT2D eigenvalue weighted by Gasteiger charge is 2.10. The summed E-state index contributed by atoms with van der Waals surface area (Å²) in [6.45, 7) is 3.43. The largest absolute Gasteiger partial charge is 0.349 e. The number of imidazole rings is 1. The molecule has 1 unspecified atom stereocenters. The fourth-order valence-electron chi connectivity index (χ4n) is 2.82. The van der Waals surface area contributed by atoms with E-state index in [0.717, 1.165) is 22.5 Å². The van der Waals surface area contributed by atoms with E-state index in [4.69, 9.17) is 0 Å². The fraction of sp³-hybridized carbons (Fsp3) is 0.190. The van der Waals surface area contributed by atoms with Gasteiger partial charge in [-0.25, -0.2) is 4.98 Å². The Kier molecular flexibility index (Phi) is 5.66. The topological polar surface area (TPSA) is 76.0 Å². The van der Waals surface area contributed by atoms with Crippen LogP contribution in [0.1, 0.15) is 31.0 Å². The fourth-order valence-corrected chi connectivity index (χ4v) is 2.82. The van der Waals surface area contributed by atoms with Crippen LogP contribution in [-0.4, -0.2) is 21.4 Å². The van der Waals surface area contributed by atoms with Gasteiger partial charge in [-0.2, -0.15) is 0 Å². The molecule has 0 spiro atoms. The van der Waals surface area contributed by atoms with Gasteiger partial charge in [0.1, 0.15) is 0 Å². The van der Waals surface area contributed by atoms with E-state index in [0.29, 0.717) is 0 Å². The Balaban J connectivity index is 1.56. The monoisotopic (exact) mass is 362 g/mol. The van der Waals surface area contributed by atoms with E-state index in [-0.39, 0.29) is 24.3 Å². The first-order chi connectivity index (χ1) is 13.0. The summed E-state index contributed by atoms with van der Waals surface area (Å²) < 4.78 is 1.93. The van der Waals surface area contributed by atoms with Gasteiger partial charge in [0.05, 0.1) is 18.8 Å². The first-order valence-electron chi connectivity index (χ1n) is 8.75. The average Bonchev–Trinajstić information content (AvgIpc) is 3.18. The Bertz CT molecular complexity index is 900. The number of hydrogen-bond acceptors (Lipinski definition) is 3. The van der Waals surface area contributed by atoms with Crippen LogP contribution in [0.4, 0.5) is 5.69 Å². The molecule has 6 heteroatoms. The van der Waals surface area contributed by atoms with Crippen molar-refractivity contribution in [2.45, 2.75) is 26.3 Å². The van der Waals surface area contributed by atoms with Gasteiger partial charge in [-0.05, 0) is 42.3 Å². The lowest BCUT2D eigenvalue weighted by Crippen LogP contribution is -2.28. The molecule has 2 amide bonds. The molecule has 0 aliphatic heterocycles. The predicted octanol–water partition coefficient (Wildman–Crippen LogP) is 3.25. The highest BCUT2D eigenvalue weighted by atomic mass is 16.2. The van der Waals surface area contributed by atoms with Crippen LogP contribution in [0, 0.1) is 0 Å². The number of hydrogen-bond donors (Lipinski definition) is 2. The number of carbonyl (C=O) groups excluding carboxylic acids is 2. The normalized spacial score (nSPS) is 11.6. The van der Waals surface area contributed by atoms with Crippen LogP contribution in [0.3, 0.4) is 0 Å². The van der Waals surface area contributed by atoms with Crippen molar-refractivity contribution >= 4 is 17.5 Å². The molecule has 2 N–H and O–H groups in total. The van der Waals surface area contributed by atoms with Gasteiger partial charge >= 0.3 is 0 Å². The molecule has 1 atom stereocenters. The van der Waals surface area contributed by atoms with Crippen molar-refractivity contribution in [1.29, 1.82) is 0 Å². The van der Waals surface area contributed by atoms with Gasteiger partial charge in [0.25, 0.3) is 0 Å². The van der Waals surface area contributed by atoms with Gasteiger partial charge in [-0.3, -0.25) is 9.59 Å². The number of amides is 2. The van der Waals surface area contributed by atoms with Crippen LogP contribution in [-0.2, 0) is 16.0 Å². The summed E-state index contributed by atoms with van der Waals surface area (Å²) in [5.41, 5.74) is 3.67. The van der Waals surface area contributed by atoms with Gasteiger partial charge in [0.15, 0.2) is 0 Å². The van der Waals surface area contributed by atoms with Gasteiger partial charge in [-0.15, -0.1) is 0 Å². The maximum Gasteiger partial charge on any atom is 0.224 e. The molecule has 0 saturated heterocycles. The average molecular weight is 362 g/mol. The zero-order valence-electron chi connectivity index (χ0n) is 15.3. The van der Waals surface area contributed by atoms with Crippen molar-refractivity contribution in [3.05, 3.63) is 78.4 Å². The Morgan fingerprint density at radius 3 is 2.37 bits per heavy atom. The molecule has 0 aliphatic carbocycles.